The monoisotopic (exact) mass is 385 g/mol. The summed E-state index contributed by atoms with van der Waals surface area (Å²) in [7, 11) is 1.69. The lowest BCUT2D eigenvalue weighted by Crippen LogP contribution is -2.23. The molecule has 0 saturated carbocycles. The van der Waals surface area contributed by atoms with Crippen LogP contribution in [0.25, 0.3) is 27.8 Å². The SMILES string of the molecule is COc1ccccc1-c1cccc(-n2cnc3cc([C@H](C)NC(C)=O)ccc32)c1. The molecule has 5 heteroatoms. The van der Waals surface area contributed by atoms with E-state index in [0.717, 1.165) is 39.2 Å². The standard InChI is InChI=1S/C24H23N3O2/c1-16(26-17(2)28)18-11-12-23-22(14-18)25-15-27(23)20-8-6-7-19(13-20)21-9-4-5-10-24(21)29-3/h4-16H,1-3H3,(H,26,28)/t16-/m0/s1. The number of methoxy groups -OCH3 is 1. The fourth-order valence-corrected chi connectivity index (χ4v) is 3.60. The molecule has 0 fully saturated rings. The van der Waals surface area contributed by atoms with Crippen molar-refractivity contribution in [3.05, 3.63) is 78.6 Å². The Labute approximate surface area is 170 Å². The average Bonchev–Trinajstić information content (AvgIpc) is 3.16. The predicted octanol–water partition coefficient (Wildman–Crippen LogP) is 4.90. The van der Waals surface area contributed by atoms with Gasteiger partial charge in [-0.2, -0.15) is 0 Å². The van der Waals surface area contributed by atoms with Gasteiger partial charge in [0.05, 0.1) is 24.2 Å². The summed E-state index contributed by atoms with van der Waals surface area (Å²) in [4.78, 5) is 15.9. The van der Waals surface area contributed by atoms with Crippen LogP contribution in [-0.2, 0) is 4.79 Å². The van der Waals surface area contributed by atoms with Crippen molar-refractivity contribution in [2.24, 2.45) is 0 Å². The second-order valence-electron chi connectivity index (χ2n) is 7.04. The molecular formula is C24H23N3O2. The van der Waals surface area contributed by atoms with Gasteiger partial charge >= 0.3 is 0 Å². The number of carbonyl (C=O) groups is 1. The van der Waals surface area contributed by atoms with Crippen LogP contribution in [0.3, 0.4) is 0 Å². The van der Waals surface area contributed by atoms with E-state index in [1.807, 2.05) is 55.7 Å². The molecule has 1 N–H and O–H groups in total. The van der Waals surface area contributed by atoms with Crippen molar-refractivity contribution in [1.82, 2.24) is 14.9 Å². The van der Waals surface area contributed by atoms with Crippen LogP contribution in [0.4, 0.5) is 0 Å². The Morgan fingerprint density at radius 3 is 2.69 bits per heavy atom. The van der Waals surface area contributed by atoms with Gasteiger partial charge in [0.15, 0.2) is 0 Å². The quantitative estimate of drug-likeness (QED) is 0.532. The molecular weight excluding hydrogens is 362 g/mol. The summed E-state index contributed by atoms with van der Waals surface area (Å²) in [6, 6.07) is 22.4. The molecule has 0 radical (unpaired) electrons. The van der Waals surface area contributed by atoms with Gasteiger partial charge in [-0.3, -0.25) is 9.36 Å². The zero-order chi connectivity index (χ0) is 20.4. The predicted molar refractivity (Wildman–Crippen MR) is 115 cm³/mol. The van der Waals surface area contributed by atoms with E-state index < -0.39 is 0 Å². The van der Waals surface area contributed by atoms with Crippen LogP contribution in [0, 0.1) is 0 Å². The zero-order valence-corrected chi connectivity index (χ0v) is 16.7. The Morgan fingerprint density at radius 1 is 1.07 bits per heavy atom. The maximum absolute atomic E-state index is 11.3. The van der Waals surface area contributed by atoms with Crippen molar-refractivity contribution in [3.8, 4) is 22.6 Å². The van der Waals surface area contributed by atoms with Gasteiger partial charge in [-0.25, -0.2) is 4.98 Å². The maximum atomic E-state index is 11.3. The molecule has 1 atom stereocenters. The highest BCUT2D eigenvalue weighted by molar-refractivity contribution is 5.80. The molecule has 0 unspecified atom stereocenters. The average molecular weight is 385 g/mol. The molecule has 3 aromatic carbocycles. The van der Waals surface area contributed by atoms with E-state index in [1.165, 1.54) is 6.92 Å². The number of hydrogen-bond acceptors (Lipinski definition) is 3. The highest BCUT2D eigenvalue weighted by Crippen LogP contribution is 2.31. The fraction of sp³-hybridized carbons (Fsp3) is 0.167. The van der Waals surface area contributed by atoms with Crippen molar-refractivity contribution < 1.29 is 9.53 Å². The number of fused-ring (bicyclic) bond motifs is 1. The summed E-state index contributed by atoms with van der Waals surface area (Å²) in [6.07, 6.45) is 1.83. The Hall–Kier alpha value is -3.60. The minimum atomic E-state index is -0.0593. The fourth-order valence-electron chi connectivity index (χ4n) is 3.60. The van der Waals surface area contributed by atoms with E-state index in [1.54, 1.807) is 7.11 Å². The van der Waals surface area contributed by atoms with Crippen molar-refractivity contribution in [1.29, 1.82) is 0 Å². The molecule has 1 amide bonds. The largest absolute Gasteiger partial charge is 0.496 e. The third-order valence-electron chi connectivity index (χ3n) is 5.03. The molecule has 0 saturated heterocycles. The van der Waals surface area contributed by atoms with Crippen LogP contribution in [0.15, 0.2) is 73.1 Å². The first-order valence-electron chi connectivity index (χ1n) is 9.55. The van der Waals surface area contributed by atoms with Crippen LogP contribution in [0.5, 0.6) is 5.75 Å². The summed E-state index contributed by atoms with van der Waals surface area (Å²) in [5, 5.41) is 2.91. The molecule has 1 heterocycles. The van der Waals surface area contributed by atoms with E-state index in [0.29, 0.717) is 0 Å². The first kappa shape index (κ1) is 18.7. The van der Waals surface area contributed by atoms with Crippen molar-refractivity contribution in [3.63, 3.8) is 0 Å². The Kier molecular flexibility index (Phi) is 5.04. The number of imidazole rings is 1. The number of carbonyl (C=O) groups excluding carboxylic acids is 1. The van der Waals surface area contributed by atoms with Gasteiger partial charge in [0.25, 0.3) is 0 Å². The van der Waals surface area contributed by atoms with Gasteiger partial charge in [-0.15, -0.1) is 0 Å². The smallest absolute Gasteiger partial charge is 0.217 e. The van der Waals surface area contributed by atoms with Gasteiger partial charge < -0.3 is 10.1 Å². The molecule has 0 spiro atoms. The van der Waals surface area contributed by atoms with E-state index >= 15 is 0 Å². The van der Waals surface area contributed by atoms with Gasteiger partial charge in [0.2, 0.25) is 5.91 Å². The van der Waals surface area contributed by atoms with Gasteiger partial charge in [-0.05, 0) is 48.4 Å². The van der Waals surface area contributed by atoms with Crippen LogP contribution < -0.4 is 10.1 Å². The Bertz CT molecular complexity index is 1180. The number of nitrogens with zero attached hydrogens (tertiary/aromatic N) is 2. The lowest BCUT2D eigenvalue weighted by molar-refractivity contribution is -0.119. The first-order chi connectivity index (χ1) is 14.1. The van der Waals surface area contributed by atoms with Crippen molar-refractivity contribution in [2.75, 3.05) is 7.11 Å². The lowest BCUT2D eigenvalue weighted by Gasteiger charge is -2.13. The van der Waals surface area contributed by atoms with Gasteiger partial charge in [0.1, 0.15) is 12.1 Å². The van der Waals surface area contributed by atoms with Crippen molar-refractivity contribution in [2.45, 2.75) is 19.9 Å². The number of hydrogen-bond donors (Lipinski definition) is 1. The molecule has 0 aliphatic rings. The Balaban J connectivity index is 1.73. The molecule has 5 nitrogen and oxygen atoms in total. The number of benzene rings is 3. The summed E-state index contributed by atoms with van der Waals surface area (Å²) in [6.45, 7) is 3.49. The maximum Gasteiger partial charge on any atom is 0.217 e. The second kappa shape index (κ2) is 7.80. The number of aromatic nitrogens is 2. The van der Waals surface area contributed by atoms with Gasteiger partial charge in [0, 0.05) is 18.2 Å². The molecule has 4 aromatic rings. The third kappa shape index (κ3) is 3.72. The van der Waals surface area contributed by atoms with Crippen LogP contribution in [0.2, 0.25) is 0 Å². The van der Waals surface area contributed by atoms with E-state index in [-0.39, 0.29) is 11.9 Å². The molecule has 1 aromatic heterocycles. The minimum absolute atomic E-state index is 0.0451. The Morgan fingerprint density at radius 2 is 1.90 bits per heavy atom. The molecule has 4 rings (SSSR count). The van der Waals surface area contributed by atoms with E-state index in [2.05, 4.69) is 39.1 Å². The molecule has 146 valence electrons. The normalized spacial score (nSPS) is 12.0. The second-order valence-corrected chi connectivity index (χ2v) is 7.04. The highest BCUT2D eigenvalue weighted by atomic mass is 16.5. The third-order valence-corrected chi connectivity index (χ3v) is 5.03. The number of rotatable bonds is 5. The minimum Gasteiger partial charge on any atom is -0.496 e. The first-order valence-corrected chi connectivity index (χ1v) is 9.55. The molecule has 29 heavy (non-hydrogen) atoms. The van der Waals surface area contributed by atoms with Crippen molar-refractivity contribution >= 4 is 16.9 Å². The van der Waals surface area contributed by atoms with Crippen LogP contribution in [-0.4, -0.2) is 22.6 Å². The van der Waals surface area contributed by atoms with E-state index in [4.69, 9.17) is 4.74 Å². The van der Waals surface area contributed by atoms with E-state index in [9.17, 15) is 4.79 Å². The van der Waals surface area contributed by atoms with Gasteiger partial charge in [-0.1, -0.05) is 36.4 Å². The number of ether oxygens (including phenoxy) is 1. The highest BCUT2D eigenvalue weighted by Gasteiger charge is 2.12. The molecule has 0 aliphatic carbocycles. The summed E-state index contributed by atoms with van der Waals surface area (Å²) < 4.78 is 7.59. The number of amides is 1. The summed E-state index contributed by atoms with van der Waals surface area (Å²) >= 11 is 0. The van der Waals surface area contributed by atoms with Crippen LogP contribution in [0.1, 0.15) is 25.5 Å². The van der Waals surface area contributed by atoms with Crippen LogP contribution >= 0.6 is 0 Å². The summed E-state index contributed by atoms with van der Waals surface area (Å²) in [5.41, 5.74) is 6.09. The molecule has 0 bridgehead atoms. The number of nitrogens with one attached hydrogen (secondary N) is 1. The molecule has 0 aliphatic heterocycles. The lowest BCUT2D eigenvalue weighted by atomic mass is 10.0. The zero-order valence-electron chi connectivity index (χ0n) is 16.7. The number of para-hydroxylation sites is 1. The topological polar surface area (TPSA) is 56.1 Å². The summed E-state index contributed by atoms with van der Waals surface area (Å²) in [5.74, 6) is 0.799.